The first-order valence-corrected chi connectivity index (χ1v) is 6.19. The lowest BCUT2D eigenvalue weighted by atomic mass is 10.2. The molecule has 106 valence electrons. The van der Waals surface area contributed by atoms with Gasteiger partial charge in [0.1, 0.15) is 5.71 Å². The molecule has 0 saturated carbocycles. The molecule has 0 fully saturated rings. The lowest BCUT2D eigenvalue weighted by molar-refractivity contribution is 0.171. The van der Waals surface area contributed by atoms with Crippen molar-refractivity contribution in [3.63, 3.8) is 0 Å². The molecule has 0 aliphatic heterocycles. The van der Waals surface area contributed by atoms with Crippen molar-refractivity contribution in [3.8, 4) is 5.75 Å². The molecule has 1 N–H and O–H groups in total. The van der Waals surface area contributed by atoms with Gasteiger partial charge in [0, 0.05) is 5.39 Å². The number of para-hydroxylation sites is 1. The third kappa shape index (κ3) is 2.90. The molecule has 1 aromatic heterocycles. The van der Waals surface area contributed by atoms with E-state index in [0.717, 1.165) is 5.39 Å². The standard InChI is InChI=1S/C14H16N2O4/c1-4-19-11-7-5-6-10-8-12(20-13(10)11)9(2)15-16-14(17)18-3/h5-8H,4H2,1-3H3,(H,16,17)/b15-9-. The summed E-state index contributed by atoms with van der Waals surface area (Å²) < 4.78 is 15.7. The number of furan rings is 1. The fraction of sp³-hybridized carbons (Fsp3) is 0.286. The van der Waals surface area contributed by atoms with Gasteiger partial charge in [-0.3, -0.25) is 0 Å². The molecule has 0 unspecified atom stereocenters. The molecule has 0 saturated heterocycles. The normalized spacial score (nSPS) is 11.4. The molecule has 0 spiro atoms. The summed E-state index contributed by atoms with van der Waals surface area (Å²) in [6.45, 7) is 4.20. The van der Waals surface area contributed by atoms with E-state index in [0.29, 0.717) is 29.4 Å². The number of nitrogens with zero attached hydrogens (tertiary/aromatic N) is 1. The van der Waals surface area contributed by atoms with Crippen molar-refractivity contribution < 1.29 is 18.7 Å². The van der Waals surface area contributed by atoms with Crippen LogP contribution in [0.4, 0.5) is 4.79 Å². The maximum Gasteiger partial charge on any atom is 0.427 e. The average Bonchev–Trinajstić information content (AvgIpc) is 2.89. The van der Waals surface area contributed by atoms with E-state index in [-0.39, 0.29) is 0 Å². The number of nitrogens with one attached hydrogen (secondary N) is 1. The molecule has 2 aromatic rings. The maximum atomic E-state index is 11.0. The van der Waals surface area contributed by atoms with Gasteiger partial charge in [0.25, 0.3) is 0 Å². The molecule has 6 heteroatoms. The highest BCUT2D eigenvalue weighted by molar-refractivity contribution is 6.00. The van der Waals surface area contributed by atoms with Crippen LogP contribution in [0.3, 0.4) is 0 Å². The van der Waals surface area contributed by atoms with Crippen LogP contribution in [0.5, 0.6) is 5.75 Å². The Morgan fingerprint density at radius 2 is 2.25 bits per heavy atom. The number of rotatable bonds is 4. The molecule has 1 aromatic carbocycles. The van der Waals surface area contributed by atoms with Crippen molar-refractivity contribution >= 4 is 22.8 Å². The smallest absolute Gasteiger partial charge is 0.427 e. The van der Waals surface area contributed by atoms with E-state index in [9.17, 15) is 4.79 Å². The van der Waals surface area contributed by atoms with E-state index in [4.69, 9.17) is 9.15 Å². The van der Waals surface area contributed by atoms with E-state index in [1.165, 1.54) is 7.11 Å². The van der Waals surface area contributed by atoms with Gasteiger partial charge in [-0.25, -0.2) is 10.2 Å². The Kier molecular flexibility index (Phi) is 4.24. The van der Waals surface area contributed by atoms with Crippen molar-refractivity contribution in [1.29, 1.82) is 0 Å². The summed E-state index contributed by atoms with van der Waals surface area (Å²) in [5, 5.41) is 4.81. The quantitative estimate of drug-likeness (QED) is 0.688. The predicted molar refractivity (Wildman–Crippen MR) is 75.1 cm³/mol. The Balaban J connectivity index is 2.31. The fourth-order valence-corrected chi connectivity index (χ4v) is 1.71. The predicted octanol–water partition coefficient (Wildman–Crippen LogP) is 2.91. The summed E-state index contributed by atoms with van der Waals surface area (Å²) in [4.78, 5) is 11.0. The minimum absolute atomic E-state index is 0.536. The van der Waals surface area contributed by atoms with Gasteiger partial charge < -0.3 is 13.9 Å². The second-order valence-corrected chi connectivity index (χ2v) is 4.02. The molecule has 0 aliphatic carbocycles. The highest BCUT2D eigenvalue weighted by atomic mass is 16.5. The molecule has 0 aliphatic rings. The molecular weight excluding hydrogens is 260 g/mol. The molecule has 2 rings (SSSR count). The summed E-state index contributed by atoms with van der Waals surface area (Å²) in [6.07, 6.45) is -0.629. The SMILES string of the molecule is CCOc1cccc2cc(/C(C)=N\NC(=O)OC)oc12. The van der Waals surface area contributed by atoms with Crippen LogP contribution in [0, 0.1) is 0 Å². The number of hydrogen-bond acceptors (Lipinski definition) is 5. The zero-order valence-electron chi connectivity index (χ0n) is 11.6. The van der Waals surface area contributed by atoms with Gasteiger partial charge in [0.2, 0.25) is 0 Å². The van der Waals surface area contributed by atoms with Crippen molar-refractivity contribution in [2.75, 3.05) is 13.7 Å². The Bertz CT molecular complexity index is 646. The van der Waals surface area contributed by atoms with Crippen LogP contribution in [0.2, 0.25) is 0 Å². The first-order chi connectivity index (χ1) is 9.65. The largest absolute Gasteiger partial charge is 0.490 e. The lowest BCUT2D eigenvalue weighted by Crippen LogP contribution is -2.18. The van der Waals surface area contributed by atoms with Gasteiger partial charge in [0.15, 0.2) is 17.1 Å². The number of carbonyl (C=O) groups excluding carboxylic acids is 1. The minimum atomic E-state index is -0.629. The summed E-state index contributed by atoms with van der Waals surface area (Å²) in [5.74, 6) is 1.24. The van der Waals surface area contributed by atoms with Crippen LogP contribution in [0.1, 0.15) is 19.6 Å². The Morgan fingerprint density at radius 1 is 1.45 bits per heavy atom. The third-order valence-corrected chi connectivity index (χ3v) is 2.66. The zero-order valence-corrected chi connectivity index (χ0v) is 11.6. The van der Waals surface area contributed by atoms with Crippen LogP contribution in [0.15, 0.2) is 33.8 Å². The number of ether oxygens (including phenoxy) is 2. The highest BCUT2D eigenvalue weighted by Gasteiger charge is 2.11. The summed E-state index contributed by atoms with van der Waals surface area (Å²) in [7, 11) is 1.27. The number of benzene rings is 1. The van der Waals surface area contributed by atoms with E-state index >= 15 is 0 Å². The fourth-order valence-electron chi connectivity index (χ4n) is 1.71. The number of methoxy groups -OCH3 is 1. The summed E-state index contributed by atoms with van der Waals surface area (Å²) >= 11 is 0. The van der Waals surface area contributed by atoms with Gasteiger partial charge >= 0.3 is 6.09 Å². The monoisotopic (exact) mass is 276 g/mol. The first-order valence-electron chi connectivity index (χ1n) is 6.19. The Labute approximate surface area is 116 Å². The van der Waals surface area contributed by atoms with E-state index < -0.39 is 6.09 Å². The molecule has 0 radical (unpaired) electrons. The summed E-state index contributed by atoms with van der Waals surface area (Å²) in [6, 6.07) is 7.51. The number of fused-ring (bicyclic) bond motifs is 1. The van der Waals surface area contributed by atoms with Crippen LogP contribution in [0.25, 0.3) is 11.0 Å². The van der Waals surface area contributed by atoms with Crippen molar-refractivity contribution in [3.05, 3.63) is 30.0 Å². The number of hydrazone groups is 1. The van der Waals surface area contributed by atoms with Crippen molar-refractivity contribution in [2.45, 2.75) is 13.8 Å². The zero-order chi connectivity index (χ0) is 14.5. The first kappa shape index (κ1) is 13.9. The van der Waals surface area contributed by atoms with Crippen LogP contribution < -0.4 is 10.2 Å². The second-order valence-electron chi connectivity index (χ2n) is 4.02. The maximum absolute atomic E-state index is 11.0. The topological polar surface area (TPSA) is 73.1 Å². The van der Waals surface area contributed by atoms with Gasteiger partial charge in [-0.2, -0.15) is 5.10 Å². The Hall–Kier alpha value is -2.50. The van der Waals surface area contributed by atoms with Crippen molar-refractivity contribution in [1.82, 2.24) is 5.43 Å². The average molecular weight is 276 g/mol. The van der Waals surface area contributed by atoms with Crippen molar-refractivity contribution in [2.24, 2.45) is 5.10 Å². The minimum Gasteiger partial charge on any atom is -0.490 e. The van der Waals surface area contributed by atoms with E-state index in [1.54, 1.807) is 6.92 Å². The highest BCUT2D eigenvalue weighted by Crippen LogP contribution is 2.28. The summed E-state index contributed by atoms with van der Waals surface area (Å²) in [5.41, 5.74) is 3.45. The molecule has 20 heavy (non-hydrogen) atoms. The molecular formula is C14H16N2O4. The van der Waals surface area contributed by atoms with Crippen LogP contribution in [-0.2, 0) is 4.74 Å². The van der Waals surface area contributed by atoms with Gasteiger partial charge in [-0.1, -0.05) is 12.1 Å². The third-order valence-electron chi connectivity index (χ3n) is 2.66. The van der Waals surface area contributed by atoms with Gasteiger partial charge in [0.05, 0.1) is 13.7 Å². The molecule has 6 nitrogen and oxygen atoms in total. The van der Waals surface area contributed by atoms with E-state index in [2.05, 4.69) is 15.3 Å². The molecule has 0 atom stereocenters. The van der Waals surface area contributed by atoms with Crippen LogP contribution in [-0.4, -0.2) is 25.5 Å². The second kappa shape index (κ2) is 6.10. The van der Waals surface area contributed by atoms with Crippen LogP contribution >= 0.6 is 0 Å². The number of carbonyl (C=O) groups is 1. The van der Waals surface area contributed by atoms with E-state index in [1.807, 2.05) is 31.2 Å². The number of hydrogen-bond donors (Lipinski definition) is 1. The molecule has 1 heterocycles. The molecule has 1 amide bonds. The van der Waals surface area contributed by atoms with Gasteiger partial charge in [-0.05, 0) is 26.0 Å². The Morgan fingerprint density at radius 3 is 2.95 bits per heavy atom. The molecule has 0 bridgehead atoms. The van der Waals surface area contributed by atoms with Gasteiger partial charge in [-0.15, -0.1) is 0 Å². The number of amides is 1. The lowest BCUT2D eigenvalue weighted by Gasteiger charge is -2.02.